The highest BCUT2D eigenvalue weighted by atomic mass is 35.5. The highest BCUT2D eigenvalue weighted by molar-refractivity contribution is 6.31. The van der Waals surface area contributed by atoms with Gasteiger partial charge in [0.25, 0.3) is 0 Å². The molecular weight excluding hydrogens is 332 g/mol. The first kappa shape index (κ1) is 17.0. The van der Waals surface area contributed by atoms with E-state index in [1.54, 1.807) is 0 Å². The van der Waals surface area contributed by atoms with Crippen LogP contribution in [0.1, 0.15) is 55.5 Å². The summed E-state index contributed by atoms with van der Waals surface area (Å²) >= 11 is 5.81. The van der Waals surface area contributed by atoms with Crippen LogP contribution in [0.3, 0.4) is 0 Å². The molecule has 1 aromatic carbocycles. The van der Waals surface area contributed by atoms with E-state index >= 15 is 0 Å². The van der Waals surface area contributed by atoms with Crippen LogP contribution in [0.4, 0.5) is 0 Å². The van der Waals surface area contributed by atoms with E-state index in [-0.39, 0.29) is 39.7 Å². The number of benzene rings is 1. The van der Waals surface area contributed by atoms with Gasteiger partial charge in [-0.25, -0.2) is 0 Å². The number of aromatic hydroxyl groups is 1. The maximum atomic E-state index is 12.4. The monoisotopic (exact) mass is 350 g/mol. The Morgan fingerprint density at radius 1 is 1.21 bits per heavy atom. The van der Waals surface area contributed by atoms with Gasteiger partial charge in [-0.3, -0.25) is 9.59 Å². The van der Waals surface area contributed by atoms with Gasteiger partial charge in [-0.1, -0.05) is 30.9 Å². The Hall–Kier alpha value is -1.85. The molecule has 0 spiro atoms. The molecule has 2 N–H and O–H groups in total. The first-order valence-electron chi connectivity index (χ1n) is 8.10. The molecule has 1 heterocycles. The van der Waals surface area contributed by atoms with E-state index in [1.807, 2.05) is 0 Å². The van der Waals surface area contributed by atoms with E-state index < -0.39 is 11.0 Å². The zero-order valence-electron chi connectivity index (χ0n) is 13.2. The highest BCUT2D eigenvalue weighted by Crippen LogP contribution is 2.33. The van der Waals surface area contributed by atoms with Gasteiger partial charge in [0.1, 0.15) is 0 Å². The number of Topliss-reactive ketones (excluding diaryl/α,β-unsaturated/α-hetero) is 1. The molecule has 1 aromatic heterocycles. The normalized spacial score (nSPS) is 17.1. The first-order valence-corrected chi connectivity index (χ1v) is 8.48. The lowest BCUT2D eigenvalue weighted by Crippen LogP contribution is -2.31. The molecule has 128 valence electrons. The van der Waals surface area contributed by atoms with Crippen LogP contribution in [0, 0.1) is 0 Å². The molecule has 0 unspecified atom stereocenters. The van der Waals surface area contributed by atoms with Crippen LogP contribution in [0.15, 0.2) is 27.4 Å². The predicted molar refractivity (Wildman–Crippen MR) is 90.8 cm³/mol. The number of phenolic OH excluding ortho intramolecular Hbond substituents is 1. The van der Waals surface area contributed by atoms with E-state index in [0.29, 0.717) is 19.3 Å². The summed E-state index contributed by atoms with van der Waals surface area (Å²) in [6, 6.07) is 3.76. The van der Waals surface area contributed by atoms with Gasteiger partial charge < -0.3 is 14.6 Å². The Morgan fingerprint density at radius 2 is 1.92 bits per heavy atom. The SMILES string of the molecule is O=C(CCC1(O)CCCCC1)c1cc(=O)c2cc(Cl)cc(O)c2o1. The topological polar surface area (TPSA) is 87.7 Å². The molecule has 0 atom stereocenters. The lowest BCUT2D eigenvalue weighted by molar-refractivity contribution is -0.00471. The van der Waals surface area contributed by atoms with Crippen molar-refractivity contribution in [3.63, 3.8) is 0 Å². The number of aliphatic hydroxyl groups is 1. The van der Waals surface area contributed by atoms with Crippen molar-refractivity contribution in [3.8, 4) is 5.75 Å². The molecule has 0 aliphatic heterocycles. The number of rotatable bonds is 4. The van der Waals surface area contributed by atoms with Gasteiger partial charge in [0, 0.05) is 23.6 Å². The molecular formula is C18H19ClO5. The average molecular weight is 351 g/mol. The molecule has 6 heteroatoms. The predicted octanol–water partition coefficient (Wildman–Crippen LogP) is 3.81. The molecule has 1 fully saturated rings. The van der Waals surface area contributed by atoms with Gasteiger partial charge in [-0.15, -0.1) is 0 Å². The van der Waals surface area contributed by atoms with Crippen LogP contribution in [0.5, 0.6) is 5.75 Å². The van der Waals surface area contributed by atoms with Gasteiger partial charge in [0.15, 0.2) is 28.3 Å². The van der Waals surface area contributed by atoms with E-state index in [2.05, 4.69) is 0 Å². The van der Waals surface area contributed by atoms with Crippen LogP contribution in [-0.2, 0) is 0 Å². The van der Waals surface area contributed by atoms with Gasteiger partial charge in [-0.2, -0.15) is 0 Å². The number of ketones is 1. The summed E-state index contributed by atoms with van der Waals surface area (Å²) in [4.78, 5) is 24.5. The summed E-state index contributed by atoms with van der Waals surface area (Å²) < 4.78 is 5.42. The maximum absolute atomic E-state index is 12.4. The fourth-order valence-corrected chi connectivity index (χ4v) is 3.48. The average Bonchev–Trinajstić information content (AvgIpc) is 2.54. The fourth-order valence-electron chi connectivity index (χ4n) is 3.27. The van der Waals surface area contributed by atoms with Crippen LogP contribution < -0.4 is 5.43 Å². The van der Waals surface area contributed by atoms with Crippen molar-refractivity contribution in [2.24, 2.45) is 0 Å². The standard InChI is InChI=1S/C18H19ClO5/c19-11-8-12-14(21)10-16(24-17(12)15(22)9-11)13(20)4-7-18(23)5-2-1-3-6-18/h8-10,22-23H,1-7H2. The van der Waals surface area contributed by atoms with E-state index in [9.17, 15) is 19.8 Å². The first-order chi connectivity index (χ1) is 11.4. The van der Waals surface area contributed by atoms with Crippen molar-refractivity contribution < 1.29 is 19.4 Å². The second-order valence-corrected chi connectivity index (χ2v) is 6.92. The van der Waals surface area contributed by atoms with Crippen molar-refractivity contribution in [1.29, 1.82) is 0 Å². The Kier molecular flexibility index (Phi) is 4.65. The van der Waals surface area contributed by atoms with E-state index in [1.165, 1.54) is 12.1 Å². The number of carbonyl (C=O) groups excluding carboxylic acids is 1. The molecule has 24 heavy (non-hydrogen) atoms. The van der Waals surface area contributed by atoms with E-state index in [0.717, 1.165) is 25.3 Å². The fraction of sp³-hybridized carbons (Fsp3) is 0.444. The number of carbonyl (C=O) groups is 1. The summed E-state index contributed by atoms with van der Waals surface area (Å²) in [6.07, 6.45) is 4.87. The zero-order valence-corrected chi connectivity index (χ0v) is 13.9. The molecule has 3 rings (SSSR count). The Morgan fingerprint density at radius 3 is 2.62 bits per heavy atom. The lowest BCUT2D eigenvalue weighted by atomic mass is 9.81. The third-order valence-electron chi connectivity index (χ3n) is 4.65. The summed E-state index contributed by atoms with van der Waals surface area (Å²) in [5, 5.41) is 20.7. The minimum Gasteiger partial charge on any atom is -0.504 e. The van der Waals surface area contributed by atoms with E-state index in [4.69, 9.17) is 16.0 Å². The minimum atomic E-state index is -0.805. The largest absolute Gasteiger partial charge is 0.504 e. The molecule has 0 amide bonds. The van der Waals surface area contributed by atoms with Crippen molar-refractivity contribution >= 4 is 28.4 Å². The van der Waals surface area contributed by atoms with Crippen molar-refractivity contribution in [1.82, 2.24) is 0 Å². The zero-order chi connectivity index (χ0) is 17.3. The molecule has 1 saturated carbocycles. The lowest BCUT2D eigenvalue weighted by Gasteiger charge is -2.31. The summed E-state index contributed by atoms with van der Waals surface area (Å²) in [7, 11) is 0. The van der Waals surface area contributed by atoms with Crippen molar-refractivity contribution in [2.75, 3.05) is 0 Å². The van der Waals surface area contributed by atoms with Crippen molar-refractivity contribution in [3.05, 3.63) is 39.2 Å². The van der Waals surface area contributed by atoms with Gasteiger partial charge >= 0.3 is 0 Å². The molecule has 2 aromatic rings. The molecule has 5 nitrogen and oxygen atoms in total. The number of phenols is 1. The smallest absolute Gasteiger partial charge is 0.198 e. The number of halogens is 1. The Bertz CT molecular complexity index is 833. The highest BCUT2D eigenvalue weighted by Gasteiger charge is 2.30. The summed E-state index contributed by atoms with van der Waals surface area (Å²) in [5.41, 5.74) is -1.29. The second-order valence-electron chi connectivity index (χ2n) is 6.48. The van der Waals surface area contributed by atoms with Gasteiger partial charge in [-0.05, 0) is 25.3 Å². The quantitative estimate of drug-likeness (QED) is 0.818. The minimum absolute atomic E-state index is 0.0494. The molecule has 1 aliphatic rings. The number of fused-ring (bicyclic) bond motifs is 1. The Labute approximate surface area is 143 Å². The van der Waals surface area contributed by atoms with Crippen LogP contribution in [0.25, 0.3) is 11.0 Å². The Balaban J connectivity index is 1.84. The van der Waals surface area contributed by atoms with Crippen LogP contribution in [-0.4, -0.2) is 21.6 Å². The molecule has 1 aliphatic carbocycles. The molecule has 0 radical (unpaired) electrons. The third kappa shape index (κ3) is 3.47. The van der Waals surface area contributed by atoms with Crippen molar-refractivity contribution in [2.45, 2.75) is 50.5 Å². The molecule has 0 bridgehead atoms. The maximum Gasteiger partial charge on any atom is 0.198 e. The van der Waals surface area contributed by atoms with Gasteiger partial charge in [0.2, 0.25) is 0 Å². The summed E-state index contributed by atoms with van der Waals surface area (Å²) in [6.45, 7) is 0. The summed E-state index contributed by atoms with van der Waals surface area (Å²) in [5.74, 6) is -0.748. The molecule has 0 saturated heterocycles. The second kappa shape index (κ2) is 6.57. The van der Waals surface area contributed by atoms with Crippen LogP contribution >= 0.6 is 11.6 Å². The van der Waals surface area contributed by atoms with Crippen LogP contribution in [0.2, 0.25) is 5.02 Å². The number of hydrogen-bond acceptors (Lipinski definition) is 5. The third-order valence-corrected chi connectivity index (χ3v) is 4.87. The van der Waals surface area contributed by atoms with Gasteiger partial charge in [0.05, 0.1) is 11.0 Å². The number of hydrogen-bond donors (Lipinski definition) is 2.